The van der Waals surface area contributed by atoms with E-state index >= 15 is 0 Å². The van der Waals surface area contributed by atoms with E-state index in [4.69, 9.17) is 10.5 Å². The highest BCUT2D eigenvalue weighted by Gasteiger charge is 1.99. The van der Waals surface area contributed by atoms with Crippen LogP contribution >= 0.6 is 11.3 Å². The Labute approximate surface area is 135 Å². The highest BCUT2D eigenvalue weighted by molar-refractivity contribution is 7.09. The van der Waals surface area contributed by atoms with E-state index in [0.717, 1.165) is 42.9 Å². The molecule has 1 heterocycles. The molecule has 0 saturated heterocycles. The Hall–Kier alpha value is -2.08. The SMILES string of the molecule is COc1ccc(NC(N)=NCCCCc2nc(C)cs2)cc1. The summed E-state index contributed by atoms with van der Waals surface area (Å²) < 4.78 is 5.11. The lowest BCUT2D eigenvalue weighted by atomic mass is 10.2. The molecule has 0 aliphatic carbocycles. The average molecular weight is 318 g/mol. The lowest BCUT2D eigenvalue weighted by molar-refractivity contribution is 0.415. The van der Waals surface area contributed by atoms with Gasteiger partial charge in [-0.3, -0.25) is 4.99 Å². The maximum atomic E-state index is 5.87. The highest BCUT2D eigenvalue weighted by Crippen LogP contribution is 2.14. The number of guanidine groups is 1. The molecule has 0 unspecified atom stereocenters. The zero-order chi connectivity index (χ0) is 15.8. The molecular formula is C16H22N4OS. The maximum Gasteiger partial charge on any atom is 0.193 e. The van der Waals surface area contributed by atoms with Crippen LogP contribution in [0.5, 0.6) is 5.75 Å². The first-order chi connectivity index (χ1) is 10.7. The highest BCUT2D eigenvalue weighted by atomic mass is 32.1. The van der Waals surface area contributed by atoms with E-state index in [1.54, 1.807) is 18.4 Å². The molecule has 2 rings (SSSR count). The van der Waals surface area contributed by atoms with Crippen molar-refractivity contribution in [2.24, 2.45) is 10.7 Å². The lowest BCUT2D eigenvalue weighted by Crippen LogP contribution is -2.22. The molecule has 5 nitrogen and oxygen atoms in total. The molecule has 2 aromatic rings. The van der Waals surface area contributed by atoms with Crippen LogP contribution in [0.2, 0.25) is 0 Å². The number of ether oxygens (including phenoxy) is 1. The summed E-state index contributed by atoms with van der Waals surface area (Å²) in [5.74, 6) is 1.26. The molecule has 22 heavy (non-hydrogen) atoms. The Balaban J connectivity index is 1.68. The second-order valence-electron chi connectivity index (χ2n) is 4.96. The number of anilines is 1. The van der Waals surface area contributed by atoms with Crippen molar-refractivity contribution in [2.75, 3.05) is 19.0 Å². The molecule has 0 atom stereocenters. The number of aliphatic imine (C=N–C) groups is 1. The van der Waals surface area contributed by atoms with Gasteiger partial charge in [-0.1, -0.05) is 0 Å². The van der Waals surface area contributed by atoms with Gasteiger partial charge in [0.1, 0.15) is 5.75 Å². The van der Waals surface area contributed by atoms with Crippen LogP contribution < -0.4 is 15.8 Å². The van der Waals surface area contributed by atoms with E-state index in [1.807, 2.05) is 31.2 Å². The van der Waals surface area contributed by atoms with Gasteiger partial charge >= 0.3 is 0 Å². The zero-order valence-corrected chi connectivity index (χ0v) is 13.8. The number of aryl methyl sites for hydroxylation is 2. The van der Waals surface area contributed by atoms with Crippen LogP contribution in [0.4, 0.5) is 5.69 Å². The molecule has 6 heteroatoms. The smallest absolute Gasteiger partial charge is 0.193 e. The molecule has 0 bridgehead atoms. The van der Waals surface area contributed by atoms with Gasteiger partial charge in [0.25, 0.3) is 0 Å². The van der Waals surface area contributed by atoms with Gasteiger partial charge in [-0.15, -0.1) is 11.3 Å². The molecule has 3 N–H and O–H groups in total. The molecule has 0 saturated carbocycles. The van der Waals surface area contributed by atoms with Crippen LogP contribution in [0.1, 0.15) is 23.5 Å². The second kappa shape index (κ2) is 8.38. The van der Waals surface area contributed by atoms with E-state index in [0.29, 0.717) is 5.96 Å². The number of nitrogens with one attached hydrogen (secondary N) is 1. The van der Waals surface area contributed by atoms with Crippen LogP contribution in [0, 0.1) is 6.92 Å². The molecule has 1 aromatic heterocycles. The summed E-state index contributed by atoms with van der Waals surface area (Å²) in [6.45, 7) is 2.75. The number of rotatable bonds is 7. The van der Waals surface area contributed by atoms with Crippen LogP contribution in [-0.4, -0.2) is 24.6 Å². The quantitative estimate of drug-likeness (QED) is 0.467. The number of thiazole rings is 1. The summed E-state index contributed by atoms with van der Waals surface area (Å²) >= 11 is 1.72. The summed E-state index contributed by atoms with van der Waals surface area (Å²) in [6, 6.07) is 7.58. The average Bonchev–Trinajstić information content (AvgIpc) is 2.93. The lowest BCUT2D eigenvalue weighted by Gasteiger charge is -2.06. The number of nitrogens with zero attached hydrogens (tertiary/aromatic N) is 2. The van der Waals surface area contributed by atoms with Crippen LogP contribution in [0.3, 0.4) is 0 Å². The summed E-state index contributed by atoms with van der Waals surface area (Å²) in [6.07, 6.45) is 3.09. The number of aromatic nitrogens is 1. The fourth-order valence-corrected chi connectivity index (χ4v) is 2.79. The summed E-state index contributed by atoms with van der Waals surface area (Å²) in [4.78, 5) is 8.78. The van der Waals surface area contributed by atoms with E-state index < -0.39 is 0 Å². The second-order valence-corrected chi connectivity index (χ2v) is 5.90. The van der Waals surface area contributed by atoms with Crippen molar-refractivity contribution < 1.29 is 4.74 Å². The molecule has 0 spiro atoms. The van der Waals surface area contributed by atoms with Crippen molar-refractivity contribution in [3.63, 3.8) is 0 Å². The van der Waals surface area contributed by atoms with E-state index in [9.17, 15) is 0 Å². The van der Waals surface area contributed by atoms with Crippen molar-refractivity contribution in [1.82, 2.24) is 4.98 Å². The van der Waals surface area contributed by atoms with Gasteiger partial charge in [0.05, 0.1) is 12.1 Å². The summed E-state index contributed by atoms with van der Waals surface area (Å²) in [5.41, 5.74) is 7.88. The van der Waals surface area contributed by atoms with Gasteiger partial charge in [-0.05, 0) is 50.5 Å². The first-order valence-corrected chi connectivity index (χ1v) is 8.17. The minimum absolute atomic E-state index is 0.440. The van der Waals surface area contributed by atoms with Gasteiger partial charge in [-0.2, -0.15) is 0 Å². The largest absolute Gasteiger partial charge is 0.497 e. The Kier molecular flexibility index (Phi) is 6.21. The van der Waals surface area contributed by atoms with Crippen molar-refractivity contribution in [2.45, 2.75) is 26.2 Å². The summed E-state index contributed by atoms with van der Waals surface area (Å²) in [5, 5.41) is 6.35. The van der Waals surface area contributed by atoms with E-state index in [2.05, 4.69) is 20.7 Å². The number of hydrogen-bond donors (Lipinski definition) is 2. The molecule has 118 valence electrons. The minimum Gasteiger partial charge on any atom is -0.497 e. The Morgan fingerprint density at radius 3 is 2.73 bits per heavy atom. The topological polar surface area (TPSA) is 72.5 Å². The first-order valence-electron chi connectivity index (χ1n) is 7.29. The van der Waals surface area contributed by atoms with Crippen LogP contribution in [-0.2, 0) is 6.42 Å². The fourth-order valence-electron chi connectivity index (χ4n) is 1.97. The van der Waals surface area contributed by atoms with Crippen molar-refractivity contribution in [3.05, 3.63) is 40.3 Å². The third-order valence-corrected chi connectivity index (χ3v) is 4.14. The predicted octanol–water partition coefficient (Wildman–Crippen LogP) is 3.21. The van der Waals surface area contributed by atoms with Crippen molar-refractivity contribution >= 4 is 23.0 Å². The monoisotopic (exact) mass is 318 g/mol. The number of benzene rings is 1. The van der Waals surface area contributed by atoms with E-state index in [-0.39, 0.29) is 0 Å². The molecule has 0 aliphatic rings. The minimum atomic E-state index is 0.440. The van der Waals surface area contributed by atoms with Gasteiger partial charge < -0.3 is 15.8 Å². The summed E-state index contributed by atoms with van der Waals surface area (Å²) in [7, 11) is 1.64. The Morgan fingerprint density at radius 2 is 2.09 bits per heavy atom. The molecule has 0 radical (unpaired) electrons. The number of methoxy groups -OCH3 is 1. The standard InChI is InChI=1S/C16H22N4OS/c1-12-11-22-15(19-12)5-3-4-10-18-16(17)20-13-6-8-14(21-2)9-7-13/h6-9,11H,3-5,10H2,1-2H3,(H3,17,18,20). The number of nitrogens with two attached hydrogens (primary N) is 1. The number of unbranched alkanes of at least 4 members (excludes halogenated alkanes) is 1. The van der Waals surface area contributed by atoms with Gasteiger partial charge in [0, 0.05) is 23.3 Å². The van der Waals surface area contributed by atoms with Gasteiger partial charge in [0.2, 0.25) is 0 Å². The molecule has 0 fully saturated rings. The zero-order valence-electron chi connectivity index (χ0n) is 13.0. The van der Waals surface area contributed by atoms with Gasteiger partial charge in [-0.25, -0.2) is 4.98 Å². The normalized spacial score (nSPS) is 11.5. The Bertz CT molecular complexity index is 607. The van der Waals surface area contributed by atoms with Crippen molar-refractivity contribution in [1.29, 1.82) is 0 Å². The maximum absolute atomic E-state index is 5.87. The third-order valence-electron chi connectivity index (χ3n) is 3.11. The fraction of sp³-hybridized carbons (Fsp3) is 0.375. The number of hydrogen-bond acceptors (Lipinski definition) is 4. The molecule has 1 aromatic carbocycles. The molecule has 0 amide bonds. The van der Waals surface area contributed by atoms with Crippen LogP contribution in [0.25, 0.3) is 0 Å². The van der Waals surface area contributed by atoms with Gasteiger partial charge in [0.15, 0.2) is 5.96 Å². The van der Waals surface area contributed by atoms with Crippen molar-refractivity contribution in [3.8, 4) is 5.75 Å². The predicted molar refractivity (Wildman–Crippen MR) is 92.9 cm³/mol. The first kappa shape index (κ1) is 16.3. The third kappa shape index (κ3) is 5.37. The molecule has 0 aliphatic heterocycles. The van der Waals surface area contributed by atoms with E-state index in [1.165, 1.54) is 5.01 Å². The Morgan fingerprint density at radius 1 is 1.32 bits per heavy atom. The van der Waals surface area contributed by atoms with Crippen LogP contribution in [0.15, 0.2) is 34.6 Å². The molecular weight excluding hydrogens is 296 g/mol.